The molecule has 0 spiro atoms. The quantitative estimate of drug-likeness (QED) is 0.515. The largest absolute Gasteiger partial charge is 0.504 e. The molecular formula is C23H26N2O4. The van der Waals surface area contributed by atoms with Crippen LogP contribution in [0.3, 0.4) is 0 Å². The number of hydrogen-bond acceptors (Lipinski definition) is 5. The van der Waals surface area contributed by atoms with E-state index in [-0.39, 0.29) is 23.6 Å². The van der Waals surface area contributed by atoms with E-state index in [0.29, 0.717) is 30.4 Å². The number of carbonyl (C=O) groups is 1. The van der Waals surface area contributed by atoms with Crippen LogP contribution in [0, 0.1) is 5.92 Å². The number of amides is 1. The van der Waals surface area contributed by atoms with E-state index in [1.807, 2.05) is 30.3 Å². The smallest absolute Gasteiger partial charge is 0.251 e. The van der Waals surface area contributed by atoms with E-state index in [2.05, 4.69) is 22.8 Å². The molecule has 1 heterocycles. The molecule has 3 unspecified atom stereocenters. The average Bonchev–Trinajstić information content (AvgIpc) is 3.23. The maximum Gasteiger partial charge on any atom is 0.251 e. The lowest BCUT2D eigenvalue weighted by molar-refractivity contribution is 0.0937. The van der Waals surface area contributed by atoms with Gasteiger partial charge in [0.05, 0.1) is 19.8 Å². The number of aromatic hydroxyl groups is 1. The third-order valence-electron chi connectivity index (χ3n) is 5.78. The van der Waals surface area contributed by atoms with Crippen molar-refractivity contribution >= 4 is 11.6 Å². The molecule has 0 bridgehead atoms. The van der Waals surface area contributed by atoms with Gasteiger partial charge in [-0.15, -0.1) is 0 Å². The fourth-order valence-corrected chi connectivity index (χ4v) is 4.32. The Morgan fingerprint density at radius 2 is 2.10 bits per heavy atom. The monoisotopic (exact) mass is 394 g/mol. The number of anilines is 1. The standard InChI is InChI=1S/C23H26N2O4/c1-28-11-10-24-23(27)15-6-8-19-18(12-15)16-4-3-5-17(16)22(25-19)14-7-9-20(26)21(13-14)29-2/h3-4,6-9,12-13,16-17,22,25-26H,5,10-11H2,1-2H3,(H,24,27). The molecule has 152 valence electrons. The number of carbonyl (C=O) groups excluding carboxylic acids is 1. The van der Waals surface area contributed by atoms with Crippen molar-refractivity contribution in [2.75, 3.05) is 32.7 Å². The number of allylic oxidation sites excluding steroid dienone is 2. The molecule has 4 rings (SSSR count). The molecule has 1 amide bonds. The van der Waals surface area contributed by atoms with Gasteiger partial charge in [0, 0.05) is 30.8 Å². The molecule has 29 heavy (non-hydrogen) atoms. The lowest BCUT2D eigenvalue weighted by Gasteiger charge is -2.37. The van der Waals surface area contributed by atoms with Crippen LogP contribution in [-0.4, -0.2) is 38.4 Å². The molecule has 3 N–H and O–H groups in total. The number of rotatable bonds is 6. The van der Waals surface area contributed by atoms with Gasteiger partial charge in [0.2, 0.25) is 0 Å². The summed E-state index contributed by atoms with van der Waals surface area (Å²) in [7, 11) is 3.17. The number of ether oxygens (including phenoxy) is 2. The van der Waals surface area contributed by atoms with Gasteiger partial charge in [0.25, 0.3) is 5.91 Å². The highest BCUT2D eigenvalue weighted by molar-refractivity contribution is 5.95. The molecule has 0 saturated carbocycles. The molecule has 2 aliphatic rings. The summed E-state index contributed by atoms with van der Waals surface area (Å²) in [5.74, 6) is 1.10. The second-order valence-corrected chi connectivity index (χ2v) is 7.46. The molecule has 0 radical (unpaired) electrons. The molecule has 0 fully saturated rings. The van der Waals surface area contributed by atoms with Crippen LogP contribution in [0.5, 0.6) is 11.5 Å². The van der Waals surface area contributed by atoms with Gasteiger partial charge in [-0.3, -0.25) is 4.79 Å². The SMILES string of the molecule is COCCNC(=O)c1ccc2c(c1)C1C=CCC1C(c1ccc(O)c(OC)c1)N2. The van der Waals surface area contributed by atoms with Crippen LogP contribution in [0.15, 0.2) is 48.6 Å². The highest BCUT2D eigenvalue weighted by Gasteiger charge is 2.38. The lowest BCUT2D eigenvalue weighted by Crippen LogP contribution is -2.30. The van der Waals surface area contributed by atoms with E-state index < -0.39 is 0 Å². The first-order valence-electron chi connectivity index (χ1n) is 9.83. The molecule has 0 saturated heterocycles. The molecule has 2 aromatic rings. The Morgan fingerprint density at radius 1 is 1.24 bits per heavy atom. The van der Waals surface area contributed by atoms with E-state index in [9.17, 15) is 9.90 Å². The maximum atomic E-state index is 12.4. The zero-order valence-corrected chi connectivity index (χ0v) is 16.6. The average molecular weight is 394 g/mol. The fraction of sp³-hybridized carbons (Fsp3) is 0.348. The van der Waals surface area contributed by atoms with Crippen LogP contribution in [0.1, 0.15) is 39.9 Å². The molecule has 0 aromatic heterocycles. The first-order chi connectivity index (χ1) is 14.1. The summed E-state index contributed by atoms with van der Waals surface area (Å²) < 4.78 is 10.3. The zero-order chi connectivity index (χ0) is 20.4. The van der Waals surface area contributed by atoms with Gasteiger partial charge in [0.1, 0.15) is 0 Å². The van der Waals surface area contributed by atoms with Crippen molar-refractivity contribution in [3.05, 3.63) is 65.2 Å². The Morgan fingerprint density at radius 3 is 2.90 bits per heavy atom. The van der Waals surface area contributed by atoms with E-state index >= 15 is 0 Å². The predicted octanol–water partition coefficient (Wildman–Crippen LogP) is 3.60. The molecule has 1 aliphatic carbocycles. The molecule has 6 nitrogen and oxygen atoms in total. The van der Waals surface area contributed by atoms with E-state index in [1.165, 1.54) is 0 Å². The van der Waals surface area contributed by atoms with Gasteiger partial charge in [-0.25, -0.2) is 0 Å². The maximum absolute atomic E-state index is 12.4. The van der Waals surface area contributed by atoms with Crippen molar-refractivity contribution in [2.45, 2.75) is 18.4 Å². The molecular weight excluding hydrogens is 368 g/mol. The first kappa shape index (κ1) is 19.3. The Labute approximate surface area is 170 Å². The van der Waals surface area contributed by atoms with Gasteiger partial charge >= 0.3 is 0 Å². The van der Waals surface area contributed by atoms with E-state index in [0.717, 1.165) is 23.2 Å². The van der Waals surface area contributed by atoms with Gasteiger partial charge in [-0.1, -0.05) is 18.2 Å². The Balaban J connectivity index is 1.63. The lowest BCUT2D eigenvalue weighted by atomic mass is 9.76. The van der Waals surface area contributed by atoms with Crippen molar-refractivity contribution in [2.24, 2.45) is 5.92 Å². The van der Waals surface area contributed by atoms with Crippen LogP contribution < -0.4 is 15.4 Å². The highest BCUT2D eigenvalue weighted by Crippen LogP contribution is 2.50. The summed E-state index contributed by atoms with van der Waals surface area (Å²) in [4.78, 5) is 12.4. The Bertz CT molecular complexity index is 940. The number of fused-ring (bicyclic) bond motifs is 3. The Hall–Kier alpha value is -2.99. The zero-order valence-electron chi connectivity index (χ0n) is 16.6. The van der Waals surface area contributed by atoms with Crippen LogP contribution in [0.4, 0.5) is 5.69 Å². The summed E-state index contributed by atoms with van der Waals surface area (Å²) in [5.41, 5.74) is 3.91. The fourth-order valence-electron chi connectivity index (χ4n) is 4.32. The van der Waals surface area contributed by atoms with Crippen molar-refractivity contribution in [3.63, 3.8) is 0 Å². The van der Waals surface area contributed by atoms with Crippen LogP contribution in [-0.2, 0) is 4.74 Å². The van der Waals surface area contributed by atoms with E-state index in [1.54, 1.807) is 20.3 Å². The van der Waals surface area contributed by atoms with Gasteiger partial charge in [-0.05, 0) is 53.8 Å². The van der Waals surface area contributed by atoms with E-state index in [4.69, 9.17) is 9.47 Å². The number of phenols is 1. The van der Waals surface area contributed by atoms with Crippen LogP contribution in [0.25, 0.3) is 0 Å². The van der Waals surface area contributed by atoms with Crippen molar-refractivity contribution in [1.29, 1.82) is 0 Å². The van der Waals surface area contributed by atoms with Crippen LogP contribution in [0.2, 0.25) is 0 Å². The normalized spacial score (nSPS) is 21.8. The molecule has 2 aromatic carbocycles. The second kappa shape index (κ2) is 8.17. The van der Waals surface area contributed by atoms with Gasteiger partial charge in [0.15, 0.2) is 11.5 Å². The summed E-state index contributed by atoms with van der Waals surface area (Å²) in [6.07, 6.45) is 5.40. The third kappa shape index (κ3) is 3.68. The molecule has 1 aliphatic heterocycles. The van der Waals surface area contributed by atoms with Crippen molar-refractivity contribution in [3.8, 4) is 11.5 Å². The third-order valence-corrected chi connectivity index (χ3v) is 5.78. The second-order valence-electron chi connectivity index (χ2n) is 7.46. The number of benzene rings is 2. The number of methoxy groups -OCH3 is 2. The first-order valence-corrected chi connectivity index (χ1v) is 9.83. The minimum Gasteiger partial charge on any atom is -0.504 e. The minimum absolute atomic E-state index is 0.0891. The number of hydrogen-bond donors (Lipinski definition) is 3. The van der Waals surface area contributed by atoms with Crippen LogP contribution >= 0.6 is 0 Å². The summed E-state index contributed by atoms with van der Waals surface area (Å²) in [6.45, 7) is 0.977. The Kier molecular flexibility index (Phi) is 5.45. The number of nitrogens with one attached hydrogen (secondary N) is 2. The topological polar surface area (TPSA) is 79.8 Å². The van der Waals surface area contributed by atoms with Crippen molar-refractivity contribution < 1.29 is 19.4 Å². The van der Waals surface area contributed by atoms with Gasteiger partial charge < -0.3 is 25.2 Å². The summed E-state index contributed by atoms with van der Waals surface area (Å²) >= 11 is 0. The molecule has 3 atom stereocenters. The summed E-state index contributed by atoms with van der Waals surface area (Å²) in [5, 5.41) is 16.5. The molecule has 6 heteroatoms. The minimum atomic E-state index is -0.0891. The number of phenolic OH excluding ortho intramolecular Hbond substituents is 1. The predicted molar refractivity (Wildman–Crippen MR) is 112 cm³/mol. The highest BCUT2D eigenvalue weighted by atomic mass is 16.5. The summed E-state index contributed by atoms with van der Waals surface area (Å²) in [6, 6.07) is 11.4. The van der Waals surface area contributed by atoms with Gasteiger partial charge in [-0.2, -0.15) is 0 Å². The van der Waals surface area contributed by atoms with Crippen molar-refractivity contribution in [1.82, 2.24) is 5.32 Å².